The third-order valence-electron chi connectivity index (χ3n) is 2.15. The molecule has 0 bridgehead atoms. The van der Waals surface area contributed by atoms with E-state index in [0.29, 0.717) is 6.61 Å². The summed E-state index contributed by atoms with van der Waals surface area (Å²) in [7, 11) is 0. The van der Waals surface area contributed by atoms with E-state index in [4.69, 9.17) is 15.2 Å². The van der Waals surface area contributed by atoms with Gasteiger partial charge in [0.25, 0.3) is 0 Å². The van der Waals surface area contributed by atoms with Gasteiger partial charge in [-0.2, -0.15) is 0 Å². The molecular weight excluding hydrogens is 170 g/mol. The third kappa shape index (κ3) is 3.32. The summed E-state index contributed by atoms with van der Waals surface area (Å²) in [6.45, 7) is 2.97. The van der Waals surface area contributed by atoms with E-state index in [9.17, 15) is 4.79 Å². The summed E-state index contributed by atoms with van der Waals surface area (Å²) in [6.07, 6.45) is 2.31. The highest BCUT2D eigenvalue weighted by Gasteiger charge is 2.24. The number of carbonyl (C=O) groups is 1. The summed E-state index contributed by atoms with van der Waals surface area (Å²) in [5.41, 5.74) is 5.78. The third-order valence-corrected chi connectivity index (χ3v) is 2.15. The number of esters is 1. The van der Waals surface area contributed by atoms with Gasteiger partial charge in [0.05, 0.1) is 19.1 Å². The molecule has 4 nitrogen and oxygen atoms in total. The van der Waals surface area contributed by atoms with E-state index >= 15 is 0 Å². The van der Waals surface area contributed by atoms with Crippen molar-refractivity contribution in [2.45, 2.75) is 38.3 Å². The number of rotatable bonds is 4. The summed E-state index contributed by atoms with van der Waals surface area (Å²) >= 11 is 0. The lowest BCUT2D eigenvalue weighted by Gasteiger charge is -2.17. The molecule has 76 valence electrons. The summed E-state index contributed by atoms with van der Waals surface area (Å²) in [4.78, 5) is 11.1. The maximum atomic E-state index is 11.1. The molecule has 0 aliphatic carbocycles. The Hall–Kier alpha value is -0.610. The molecule has 0 spiro atoms. The average Bonchev–Trinajstić information content (AvgIpc) is 2.55. The summed E-state index contributed by atoms with van der Waals surface area (Å²) in [5.74, 6) is -0.231. The Kier molecular flexibility index (Phi) is 4.18. The van der Waals surface area contributed by atoms with E-state index in [1.54, 1.807) is 6.92 Å². The van der Waals surface area contributed by atoms with Crippen LogP contribution in [0.5, 0.6) is 0 Å². The summed E-state index contributed by atoms with van der Waals surface area (Å²) < 4.78 is 10.2. The molecule has 0 amide bonds. The van der Waals surface area contributed by atoms with Crippen molar-refractivity contribution in [1.82, 2.24) is 0 Å². The highest BCUT2D eigenvalue weighted by Crippen LogP contribution is 2.16. The molecule has 0 radical (unpaired) electrons. The normalized spacial score (nSPS) is 24.3. The zero-order chi connectivity index (χ0) is 9.68. The average molecular weight is 187 g/mol. The van der Waals surface area contributed by atoms with Crippen molar-refractivity contribution in [3.8, 4) is 0 Å². The predicted molar refractivity (Wildman–Crippen MR) is 48.2 cm³/mol. The van der Waals surface area contributed by atoms with Gasteiger partial charge in [-0.25, -0.2) is 0 Å². The maximum absolute atomic E-state index is 11.1. The van der Waals surface area contributed by atoms with Gasteiger partial charge in [-0.05, 0) is 19.8 Å². The minimum Gasteiger partial charge on any atom is -0.466 e. The lowest BCUT2D eigenvalue weighted by atomic mass is 10.1. The van der Waals surface area contributed by atoms with Crippen LogP contribution in [-0.2, 0) is 14.3 Å². The highest BCUT2D eigenvalue weighted by molar-refractivity contribution is 5.70. The lowest BCUT2D eigenvalue weighted by Crippen LogP contribution is -2.36. The van der Waals surface area contributed by atoms with Crippen LogP contribution >= 0.6 is 0 Å². The number of ether oxygens (including phenoxy) is 2. The largest absolute Gasteiger partial charge is 0.466 e. The molecular formula is C9H17NO3. The van der Waals surface area contributed by atoms with Crippen molar-refractivity contribution in [2.75, 3.05) is 13.2 Å². The fraction of sp³-hybridized carbons (Fsp3) is 0.889. The monoisotopic (exact) mass is 187 g/mol. The van der Waals surface area contributed by atoms with Crippen molar-refractivity contribution in [3.05, 3.63) is 0 Å². The summed E-state index contributed by atoms with van der Waals surface area (Å²) in [6, 6.07) is -0.207. The van der Waals surface area contributed by atoms with E-state index in [-0.39, 0.29) is 24.5 Å². The van der Waals surface area contributed by atoms with Crippen LogP contribution in [0.4, 0.5) is 0 Å². The molecule has 2 N–H and O–H groups in total. The first-order valence-electron chi connectivity index (χ1n) is 4.77. The van der Waals surface area contributed by atoms with Gasteiger partial charge in [0.2, 0.25) is 0 Å². The Labute approximate surface area is 78.4 Å². The molecule has 2 atom stereocenters. The highest BCUT2D eigenvalue weighted by atomic mass is 16.5. The van der Waals surface area contributed by atoms with Crippen LogP contribution in [0.3, 0.4) is 0 Å². The number of nitrogens with two attached hydrogens (primary N) is 1. The van der Waals surface area contributed by atoms with Gasteiger partial charge >= 0.3 is 5.97 Å². The van der Waals surface area contributed by atoms with Crippen LogP contribution in [0.2, 0.25) is 0 Å². The fourth-order valence-corrected chi connectivity index (χ4v) is 1.48. The number of hydrogen-bond acceptors (Lipinski definition) is 4. The summed E-state index contributed by atoms with van der Waals surface area (Å²) in [5, 5.41) is 0. The zero-order valence-electron chi connectivity index (χ0n) is 7.99. The fourth-order valence-electron chi connectivity index (χ4n) is 1.48. The first-order valence-corrected chi connectivity index (χ1v) is 4.77. The first kappa shape index (κ1) is 10.5. The van der Waals surface area contributed by atoms with Crippen molar-refractivity contribution in [2.24, 2.45) is 5.73 Å². The molecule has 1 aliphatic heterocycles. The minimum absolute atomic E-state index is 0.0457. The lowest BCUT2D eigenvalue weighted by molar-refractivity contribution is -0.144. The van der Waals surface area contributed by atoms with Crippen LogP contribution in [-0.4, -0.2) is 31.3 Å². The number of hydrogen-bond donors (Lipinski definition) is 1. The molecule has 1 rings (SSSR count). The van der Waals surface area contributed by atoms with E-state index in [1.165, 1.54) is 0 Å². The van der Waals surface area contributed by atoms with Gasteiger partial charge in [-0.1, -0.05) is 0 Å². The van der Waals surface area contributed by atoms with Gasteiger partial charge in [0.1, 0.15) is 0 Å². The molecule has 0 aromatic heterocycles. The van der Waals surface area contributed by atoms with Crippen molar-refractivity contribution in [3.63, 3.8) is 0 Å². The molecule has 1 fully saturated rings. The van der Waals surface area contributed by atoms with Crippen LogP contribution in [0.1, 0.15) is 26.2 Å². The Bertz CT molecular complexity index is 166. The SMILES string of the molecule is CCOC(=O)C[C@@H](N)C1CCCO1. The second kappa shape index (κ2) is 5.19. The molecule has 13 heavy (non-hydrogen) atoms. The van der Waals surface area contributed by atoms with Crippen LogP contribution in [0, 0.1) is 0 Å². The van der Waals surface area contributed by atoms with Crippen molar-refractivity contribution < 1.29 is 14.3 Å². The molecule has 1 unspecified atom stereocenters. The second-order valence-corrected chi connectivity index (χ2v) is 3.22. The molecule has 0 aromatic carbocycles. The zero-order valence-corrected chi connectivity index (χ0v) is 7.99. The van der Waals surface area contributed by atoms with Gasteiger partial charge in [-0.3, -0.25) is 4.79 Å². The Morgan fingerprint density at radius 1 is 1.77 bits per heavy atom. The van der Waals surface area contributed by atoms with Gasteiger partial charge < -0.3 is 15.2 Å². The number of carbonyl (C=O) groups excluding carboxylic acids is 1. The molecule has 0 aromatic rings. The molecule has 0 saturated carbocycles. The second-order valence-electron chi connectivity index (χ2n) is 3.22. The van der Waals surface area contributed by atoms with E-state index in [1.807, 2.05) is 0 Å². The quantitative estimate of drug-likeness (QED) is 0.649. The maximum Gasteiger partial charge on any atom is 0.307 e. The molecule has 1 heterocycles. The Morgan fingerprint density at radius 2 is 2.54 bits per heavy atom. The molecule has 1 saturated heterocycles. The molecule has 1 aliphatic rings. The first-order chi connectivity index (χ1) is 6.24. The van der Waals surface area contributed by atoms with E-state index in [2.05, 4.69) is 0 Å². The smallest absolute Gasteiger partial charge is 0.307 e. The predicted octanol–water partition coefficient (Wildman–Crippen LogP) is 0.446. The topological polar surface area (TPSA) is 61.5 Å². The van der Waals surface area contributed by atoms with Crippen LogP contribution < -0.4 is 5.73 Å². The van der Waals surface area contributed by atoms with Gasteiger partial charge in [0, 0.05) is 12.6 Å². The van der Waals surface area contributed by atoms with E-state index in [0.717, 1.165) is 19.4 Å². The minimum atomic E-state index is -0.231. The Balaban J connectivity index is 2.22. The van der Waals surface area contributed by atoms with E-state index < -0.39 is 0 Å². The molecule has 4 heteroatoms. The van der Waals surface area contributed by atoms with Crippen molar-refractivity contribution in [1.29, 1.82) is 0 Å². The van der Waals surface area contributed by atoms with Crippen molar-refractivity contribution >= 4 is 5.97 Å². The Morgan fingerprint density at radius 3 is 3.08 bits per heavy atom. The standard InChI is InChI=1S/C9H17NO3/c1-2-12-9(11)6-7(10)8-4-3-5-13-8/h7-8H,2-6,10H2,1H3/t7-,8?/m1/s1. The van der Waals surface area contributed by atoms with Crippen LogP contribution in [0.15, 0.2) is 0 Å². The van der Waals surface area contributed by atoms with Gasteiger partial charge in [0.15, 0.2) is 0 Å². The van der Waals surface area contributed by atoms with Gasteiger partial charge in [-0.15, -0.1) is 0 Å². The van der Waals surface area contributed by atoms with Crippen LogP contribution in [0.25, 0.3) is 0 Å².